The minimum Gasteiger partial charge on any atom is -0.0720 e. The van der Waals surface area contributed by atoms with E-state index in [4.69, 9.17) is 0 Å². The van der Waals surface area contributed by atoms with Crippen LogP contribution < -0.4 is 0 Å². The van der Waals surface area contributed by atoms with E-state index in [1.54, 1.807) is 11.1 Å². The van der Waals surface area contributed by atoms with Crippen LogP contribution in [0.1, 0.15) is 45.2 Å². The first kappa shape index (κ1) is 18.5. The maximum Gasteiger partial charge on any atom is 0.0291 e. The fourth-order valence-electron chi connectivity index (χ4n) is 8.68. The molecule has 0 nitrogen and oxygen atoms in total. The summed E-state index contributed by atoms with van der Waals surface area (Å²) in [6.07, 6.45) is 9.81. The molecule has 0 N–H and O–H groups in total. The standard InChI is InChI=1S/C38H20/c1-3-19-7-9-21-11-13-23-16-18-28-36-26-6-2-4-20-8-10-22-12-14-24-15-17-27(38(36)34(24)32(22)30(20)26)35-25(5-1)29(19)31(21)33(23)37(28)35/h1-18,27-28H. The lowest BCUT2D eigenvalue weighted by molar-refractivity contribution is 0.890. The molecule has 0 amide bonds. The summed E-state index contributed by atoms with van der Waals surface area (Å²) in [5, 5.41) is 17.0. The normalized spacial score (nSPS) is 18.8. The average Bonchev–Trinajstić information content (AvgIpc) is 2.98. The van der Waals surface area contributed by atoms with Crippen LogP contribution in [-0.4, -0.2) is 0 Å². The molecule has 0 saturated heterocycles. The number of fused-ring (bicyclic) bond motifs is 4. The quantitative estimate of drug-likeness (QED) is 0.191. The molecule has 8 aromatic rings. The Morgan fingerprint density at radius 2 is 0.763 bits per heavy atom. The minimum atomic E-state index is 0.256. The van der Waals surface area contributed by atoms with E-state index in [9.17, 15) is 0 Å². The van der Waals surface area contributed by atoms with Crippen molar-refractivity contribution in [3.63, 3.8) is 0 Å². The lowest BCUT2D eigenvalue weighted by Gasteiger charge is -2.40. The molecule has 0 heteroatoms. The van der Waals surface area contributed by atoms with E-state index in [1.165, 1.54) is 86.9 Å². The first-order valence-corrected chi connectivity index (χ1v) is 13.7. The zero-order valence-corrected chi connectivity index (χ0v) is 20.5. The fraction of sp³-hybridized carbons (Fsp3) is 0.0526. The highest BCUT2D eigenvalue weighted by Crippen LogP contribution is 2.59. The Balaban J connectivity index is 1.47. The van der Waals surface area contributed by atoms with Gasteiger partial charge in [0.25, 0.3) is 0 Å². The molecule has 0 spiro atoms. The number of hydrogen-bond donors (Lipinski definition) is 0. The molecule has 0 saturated carbocycles. The van der Waals surface area contributed by atoms with Gasteiger partial charge in [-0.1, -0.05) is 109 Å². The van der Waals surface area contributed by atoms with E-state index in [-0.39, 0.29) is 11.8 Å². The van der Waals surface area contributed by atoms with Gasteiger partial charge in [0.15, 0.2) is 0 Å². The third kappa shape index (κ3) is 1.83. The van der Waals surface area contributed by atoms with E-state index < -0.39 is 0 Å². The molecule has 3 aliphatic rings. The molecule has 0 aromatic heterocycles. The maximum atomic E-state index is 2.50. The van der Waals surface area contributed by atoms with Crippen molar-refractivity contribution in [1.82, 2.24) is 0 Å². The van der Waals surface area contributed by atoms with Crippen LogP contribution in [0.3, 0.4) is 0 Å². The third-order valence-electron chi connectivity index (χ3n) is 10.00. The highest BCUT2D eigenvalue weighted by Gasteiger charge is 2.39. The molecule has 0 aliphatic heterocycles. The summed E-state index contributed by atoms with van der Waals surface area (Å²) >= 11 is 0. The SMILES string of the molecule is C1=CC2c3c4c5c(ccc6ccc7cccc3c7c65)C=CC4c3c2c2c1ccc1ccc4cccc3c4c12. The Bertz CT molecular complexity index is 2270. The van der Waals surface area contributed by atoms with Gasteiger partial charge < -0.3 is 0 Å². The molecule has 0 bridgehead atoms. The van der Waals surface area contributed by atoms with E-state index in [0.717, 1.165) is 0 Å². The number of benzene rings is 8. The molecular weight excluding hydrogens is 456 g/mol. The highest BCUT2D eigenvalue weighted by molar-refractivity contribution is 6.30. The summed E-state index contributed by atoms with van der Waals surface area (Å²) in [5.74, 6) is 0.512. The van der Waals surface area contributed by atoms with Crippen LogP contribution in [0.25, 0.3) is 76.8 Å². The van der Waals surface area contributed by atoms with Crippen LogP contribution >= 0.6 is 0 Å². The molecule has 0 heterocycles. The molecule has 172 valence electrons. The molecule has 38 heavy (non-hydrogen) atoms. The molecule has 0 fully saturated rings. The zero-order chi connectivity index (χ0) is 24.3. The molecule has 8 aromatic carbocycles. The monoisotopic (exact) mass is 476 g/mol. The number of hydrogen-bond acceptors (Lipinski definition) is 0. The van der Waals surface area contributed by atoms with E-state index in [2.05, 4.69) is 109 Å². The third-order valence-corrected chi connectivity index (χ3v) is 10.00. The smallest absolute Gasteiger partial charge is 0.0291 e. The van der Waals surface area contributed by atoms with Gasteiger partial charge in [0.05, 0.1) is 0 Å². The van der Waals surface area contributed by atoms with E-state index in [1.807, 2.05) is 0 Å². The van der Waals surface area contributed by atoms with Crippen molar-refractivity contribution in [2.45, 2.75) is 11.8 Å². The lowest BCUT2D eigenvalue weighted by atomic mass is 9.63. The second-order valence-electron chi connectivity index (χ2n) is 11.5. The van der Waals surface area contributed by atoms with Crippen LogP contribution in [0.5, 0.6) is 0 Å². The lowest BCUT2D eigenvalue weighted by Crippen LogP contribution is -2.21. The highest BCUT2D eigenvalue weighted by atomic mass is 14.4. The van der Waals surface area contributed by atoms with Crippen LogP contribution in [-0.2, 0) is 0 Å². The van der Waals surface area contributed by atoms with Crippen molar-refractivity contribution in [3.8, 4) is 0 Å². The van der Waals surface area contributed by atoms with Gasteiger partial charge in [-0.15, -0.1) is 0 Å². The molecule has 2 unspecified atom stereocenters. The summed E-state index contributed by atoms with van der Waals surface area (Å²) in [7, 11) is 0. The van der Waals surface area contributed by atoms with Gasteiger partial charge >= 0.3 is 0 Å². The number of rotatable bonds is 0. The van der Waals surface area contributed by atoms with Crippen LogP contribution in [0, 0.1) is 0 Å². The van der Waals surface area contributed by atoms with Gasteiger partial charge in [-0.3, -0.25) is 0 Å². The van der Waals surface area contributed by atoms with E-state index in [0.29, 0.717) is 0 Å². The van der Waals surface area contributed by atoms with Gasteiger partial charge in [0, 0.05) is 11.8 Å². The second kappa shape index (κ2) is 5.90. The number of allylic oxidation sites excluding steroid dienone is 2. The largest absolute Gasteiger partial charge is 0.0720 e. The zero-order valence-electron chi connectivity index (χ0n) is 20.5. The molecule has 2 atom stereocenters. The van der Waals surface area contributed by atoms with Crippen molar-refractivity contribution in [3.05, 3.63) is 130 Å². The van der Waals surface area contributed by atoms with Crippen molar-refractivity contribution in [2.24, 2.45) is 0 Å². The van der Waals surface area contributed by atoms with E-state index >= 15 is 0 Å². The topological polar surface area (TPSA) is 0 Å². The Morgan fingerprint density at radius 3 is 1.24 bits per heavy atom. The van der Waals surface area contributed by atoms with Gasteiger partial charge in [-0.05, 0) is 98.0 Å². The Kier molecular flexibility index (Phi) is 2.88. The fourth-order valence-corrected chi connectivity index (χ4v) is 8.68. The van der Waals surface area contributed by atoms with Crippen molar-refractivity contribution < 1.29 is 0 Å². The van der Waals surface area contributed by atoms with Crippen molar-refractivity contribution in [1.29, 1.82) is 0 Å². The summed E-state index contributed by atoms with van der Waals surface area (Å²) in [4.78, 5) is 0. The van der Waals surface area contributed by atoms with Crippen LogP contribution in [0.4, 0.5) is 0 Å². The molecular formula is C38H20. The van der Waals surface area contributed by atoms with Gasteiger partial charge in [0.2, 0.25) is 0 Å². The molecule has 11 rings (SSSR count). The molecule has 3 aliphatic carbocycles. The Morgan fingerprint density at radius 1 is 0.342 bits per heavy atom. The van der Waals surface area contributed by atoms with Crippen LogP contribution in [0.15, 0.2) is 97.1 Å². The van der Waals surface area contributed by atoms with Crippen molar-refractivity contribution >= 4 is 76.8 Å². The van der Waals surface area contributed by atoms with Crippen LogP contribution in [0.2, 0.25) is 0 Å². The summed E-state index contributed by atoms with van der Waals surface area (Å²) in [6, 6.07) is 32.5. The second-order valence-corrected chi connectivity index (χ2v) is 11.5. The first-order chi connectivity index (χ1) is 18.9. The predicted octanol–water partition coefficient (Wildman–Crippen LogP) is 10.1. The van der Waals surface area contributed by atoms with Gasteiger partial charge in [0.1, 0.15) is 0 Å². The minimum absolute atomic E-state index is 0.256. The van der Waals surface area contributed by atoms with Gasteiger partial charge in [-0.25, -0.2) is 0 Å². The molecule has 0 radical (unpaired) electrons. The Hall–Kier alpha value is -4.68. The first-order valence-electron chi connectivity index (χ1n) is 13.7. The van der Waals surface area contributed by atoms with Gasteiger partial charge in [-0.2, -0.15) is 0 Å². The summed E-state index contributed by atoms with van der Waals surface area (Å²) in [6.45, 7) is 0. The predicted molar refractivity (Wildman–Crippen MR) is 162 cm³/mol. The Labute approximate surface area is 218 Å². The maximum absolute atomic E-state index is 2.50. The average molecular weight is 477 g/mol. The van der Waals surface area contributed by atoms with Crippen molar-refractivity contribution in [2.75, 3.05) is 0 Å². The summed E-state index contributed by atoms with van der Waals surface area (Å²) in [5.41, 5.74) is 8.87. The summed E-state index contributed by atoms with van der Waals surface area (Å²) < 4.78 is 0.